The Bertz CT molecular complexity index is 403. The van der Waals surface area contributed by atoms with Crippen LogP contribution in [0.3, 0.4) is 0 Å². The highest BCUT2D eigenvalue weighted by molar-refractivity contribution is 5.84. The van der Waals surface area contributed by atoms with Crippen LogP contribution in [-0.4, -0.2) is 26.1 Å². The van der Waals surface area contributed by atoms with Crippen molar-refractivity contribution in [2.24, 2.45) is 0 Å². The lowest BCUT2D eigenvalue weighted by Crippen LogP contribution is -2.24. The molecule has 0 aliphatic heterocycles. The molecule has 0 atom stereocenters. The van der Waals surface area contributed by atoms with Gasteiger partial charge in [0.05, 0.1) is 6.42 Å². The smallest absolute Gasteiger partial charge is 0.374 e. The van der Waals surface area contributed by atoms with Gasteiger partial charge in [-0.25, -0.2) is 4.39 Å². The Hall–Kier alpha value is -1.59. The van der Waals surface area contributed by atoms with Crippen LogP contribution in [0.1, 0.15) is 16.8 Å². The van der Waals surface area contributed by atoms with E-state index >= 15 is 0 Å². The maximum Gasteiger partial charge on any atom is 0.390 e. The Kier molecular flexibility index (Phi) is 4.09. The fourth-order valence-corrected chi connectivity index (χ4v) is 1.38. The summed E-state index contributed by atoms with van der Waals surface area (Å²) in [5.41, 5.74) is 0.320. The minimum Gasteiger partial charge on any atom is -0.374 e. The molecule has 0 saturated carbocycles. The normalized spacial score (nSPS) is 11.4. The molecule has 1 rings (SSSR count). The van der Waals surface area contributed by atoms with Gasteiger partial charge in [-0.15, -0.1) is 0 Å². The minimum atomic E-state index is -4.25. The van der Waals surface area contributed by atoms with Gasteiger partial charge < -0.3 is 4.90 Å². The summed E-state index contributed by atoms with van der Waals surface area (Å²) in [7, 11) is 1.42. The number of anilines is 1. The molecule has 0 radical (unpaired) electrons. The number of benzene rings is 1. The Balaban J connectivity index is 2.81. The van der Waals surface area contributed by atoms with E-state index in [1.165, 1.54) is 18.0 Å². The summed E-state index contributed by atoms with van der Waals surface area (Å²) < 4.78 is 48.9. The maximum atomic E-state index is 12.8. The lowest BCUT2D eigenvalue weighted by Gasteiger charge is -2.21. The number of halogens is 4. The summed E-state index contributed by atoms with van der Waals surface area (Å²) >= 11 is 0. The SMILES string of the molecule is CN(CCC(F)(F)F)c1ccc(F)cc1C=O. The third-order valence-electron chi connectivity index (χ3n) is 2.26. The molecular weight excluding hydrogens is 238 g/mol. The highest BCUT2D eigenvalue weighted by atomic mass is 19.4. The van der Waals surface area contributed by atoms with E-state index < -0.39 is 18.4 Å². The molecule has 0 aliphatic rings. The topological polar surface area (TPSA) is 20.3 Å². The lowest BCUT2D eigenvalue weighted by atomic mass is 10.1. The number of alkyl halides is 3. The van der Waals surface area contributed by atoms with E-state index in [1.807, 2.05) is 0 Å². The summed E-state index contributed by atoms with van der Waals surface area (Å²) in [6, 6.07) is 3.38. The first kappa shape index (κ1) is 13.5. The average molecular weight is 249 g/mol. The molecule has 0 heterocycles. The van der Waals surface area contributed by atoms with Crippen molar-refractivity contribution in [1.82, 2.24) is 0 Å². The fraction of sp³-hybridized carbons (Fsp3) is 0.364. The van der Waals surface area contributed by atoms with Crippen LogP contribution in [0.2, 0.25) is 0 Å². The fourth-order valence-electron chi connectivity index (χ4n) is 1.38. The summed E-state index contributed by atoms with van der Waals surface area (Å²) in [6.45, 7) is -0.282. The van der Waals surface area contributed by atoms with Crippen LogP contribution in [0.5, 0.6) is 0 Å². The van der Waals surface area contributed by atoms with Crippen LogP contribution in [0, 0.1) is 5.82 Å². The van der Waals surface area contributed by atoms with Gasteiger partial charge in [0.15, 0.2) is 6.29 Å². The molecule has 2 nitrogen and oxygen atoms in total. The number of carbonyl (C=O) groups excluding carboxylic acids is 1. The van der Waals surface area contributed by atoms with Gasteiger partial charge in [-0.3, -0.25) is 4.79 Å². The summed E-state index contributed by atoms with van der Waals surface area (Å²) in [5.74, 6) is -0.597. The second-order valence-corrected chi connectivity index (χ2v) is 3.61. The predicted octanol–water partition coefficient (Wildman–Crippen LogP) is 3.03. The van der Waals surface area contributed by atoms with Crippen molar-refractivity contribution in [3.63, 3.8) is 0 Å². The summed E-state index contributed by atoms with van der Waals surface area (Å²) in [5, 5.41) is 0. The molecule has 17 heavy (non-hydrogen) atoms. The molecule has 1 aromatic rings. The highest BCUT2D eigenvalue weighted by Crippen LogP contribution is 2.23. The van der Waals surface area contributed by atoms with Crippen molar-refractivity contribution < 1.29 is 22.4 Å². The monoisotopic (exact) mass is 249 g/mol. The maximum absolute atomic E-state index is 12.8. The minimum absolute atomic E-state index is 0.0367. The van der Waals surface area contributed by atoms with Crippen LogP contribution in [0.15, 0.2) is 18.2 Å². The van der Waals surface area contributed by atoms with Crippen molar-refractivity contribution in [1.29, 1.82) is 0 Å². The zero-order valence-electron chi connectivity index (χ0n) is 9.09. The van der Waals surface area contributed by atoms with Gasteiger partial charge in [-0.1, -0.05) is 0 Å². The Labute approximate surface area is 95.8 Å². The molecule has 1 aromatic carbocycles. The van der Waals surface area contributed by atoms with E-state index in [9.17, 15) is 22.4 Å². The Morgan fingerprint density at radius 2 is 2.00 bits per heavy atom. The molecule has 0 N–H and O–H groups in total. The molecule has 0 amide bonds. The summed E-state index contributed by atoms with van der Waals surface area (Å²) in [4.78, 5) is 11.9. The number of nitrogens with zero attached hydrogens (tertiary/aromatic N) is 1. The van der Waals surface area contributed by atoms with Gasteiger partial charge in [0.1, 0.15) is 5.82 Å². The van der Waals surface area contributed by atoms with Crippen LogP contribution in [0.25, 0.3) is 0 Å². The third-order valence-corrected chi connectivity index (χ3v) is 2.26. The van der Waals surface area contributed by atoms with Crippen LogP contribution in [-0.2, 0) is 0 Å². The van der Waals surface area contributed by atoms with Crippen LogP contribution < -0.4 is 4.90 Å². The number of hydrogen-bond acceptors (Lipinski definition) is 2. The molecule has 6 heteroatoms. The lowest BCUT2D eigenvalue weighted by molar-refractivity contribution is -0.132. The van der Waals surface area contributed by atoms with Gasteiger partial charge in [0, 0.05) is 24.8 Å². The number of carbonyl (C=O) groups is 1. The third kappa shape index (κ3) is 4.05. The Morgan fingerprint density at radius 1 is 1.35 bits per heavy atom. The number of aldehydes is 1. The van der Waals surface area contributed by atoms with E-state index in [-0.39, 0.29) is 17.8 Å². The van der Waals surface area contributed by atoms with E-state index in [0.29, 0.717) is 6.29 Å². The molecule has 0 aliphatic carbocycles. The molecule has 0 bridgehead atoms. The first-order valence-corrected chi connectivity index (χ1v) is 4.86. The van der Waals surface area contributed by atoms with Gasteiger partial charge >= 0.3 is 6.18 Å². The predicted molar refractivity (Wildman–Crippen MR) is 55.7 cm³/mol. The quantitative estimate of drug-likeness (QED) is 0.604. The van der Waals surface area contributed by atoms with Gasteiger partial charge in [-0.05, 0) is 18.2 Å². The zero-order chi connectivity index (χ0) is 13.1. The molecule has 0 saturated heterocycles. The van der Waals surface area contributed by atoms with Crippen molar-refractivity contribution >= 4 is 12.0 Å². The van der Waals surface area contributed by atoms with Gasteiger partial charge in [0.25, 0.3) is 0 Å². The standard InChI is InChI=1S/C11H11F4NO/c1-16(5-4-11(13,14)15)10-3-2-9(12)6-8(10)7-17/h2-3,6-7H,4-5H2,1H3. The van der Waals surface area contributed by atoms with Crippen molar-refractivity contribution in [2.75, 3.05) is 18.5 Å². The molecule has 0 spiro atoms. The van der Waals surface area contributed by atoms with Crippen molar-refractivity contribution in [2.45, 2.75) is 12.6 Å². The second kappa shape index (κ2) is 5.16. The average Bonchev–Trinajstić information content (AvgIpc) is 2.24. The first-order chi connectivity index (χ1) is 7.83. The van der Waals surface area contributed by atoms with E-state index in [0.717, 1.165) is 12.1 Å². The largest absolute Gasteiger partial charge is 0.390 e. The van der Waals surface area contributed by atoms with Crippen molar-refractivity contribution in [3.05, 3.63) is 29.6 Å². The number of hydrogen-bond donors (Lipinski definition) is 0. The molecule has 94 valence electrons. The second-order valence-electron chi connectivity index (χ2n) is 3.61. The summed E-state index contributed by atoms with van der Waals surface area (Å²) in [6.07, 6.45) is -4.82. The van der Waals surface area contributed by atoms with Crippen LogP contribution >= 0.6 is 0 Å². The zero-order valence-corrected chi connectivity index (χ0v) is 9.09. The molecular formula is C11H11F4NO. The van der Waals surface area contributed by atoms with E-state index in [2.05, 4.69) is 0 Å². The van der Waals surface area contributed by atoms with Crippen molar-refractivity contribution in [3.8, 4) is 0 Å². The van der Waals surface area contributed by atoms with Gasteiger partial charge in [0.2, 0.25) is 0 Å². The Morgan fingerprint density at radius 3 is 2.53 bits per heavy atom. The van der Waals surface area contributed by atoms with Crippen LogP contribution in [0.4, 0.5) is 23.2 Å². The van der Waals surface area contributed by atoms with E-state index in [4.69, 9.17) is 0 Å². The molecule has 0 fully saturated rings. The molecule has 0 unspecified atom stereocenters. The van der Waals surface area contributed by atoms with E-state index in [1.54, 1.807) is 0 Å². The highest BCUT2D eigenvalue weighted by Gasteiger charge is 2.27. The number of rotatable bonds is 4. The first-order valence-electron chi connectivity index (χ1n) is 4.86. The molecule has 0 aromatic heterocycles. The van der Waals surface area contributed by atoms with Gasteiger partial charge in [-0.2, -0.15) is 13.2 Å².